The summed E-state index contributed by atoms with van der Waals surface area (Å²) in [5.74, 6) is 0.951. The molecule has 0 amide bonds. The summed E-state index contributed by atoms with van der Waals surface area (Å²) in [6, 6.07) is 0.750. The minimum Gasteiger partial charge on any atom is -0.306 e. The van der Waals surface area contributed by atoms with E-state index < -0.39 is 0 Å². The largest absolute Gasteiger partial charge is 0.306 e. The van der Waals surface area contributed by atoms with E-state index in [4.69, 9.17) is 0 Å². The third kappa shape index (κ3) is 5.41. The summed E-state index contributed by atoms with van der Waals surface area (Å²) in [7, 11) is 2.25. The van der Waals surface area contributed by atoms with Gasteiger partial charge in [-0.1, -0.05) is 20.8 Å². The molecule has 1 atom stereocenters. The van der Waals surface area contributed by atoms with Crippen molar-refractivity contribution in [2.45, 2.75) is 46.6 Å². The van der Waals surface area contributed by atoms with Crippen molar-refractivity contribution in [2.24, 2.45) is 5.92 Å². The Bertz CT molecular complexity index is 224. The lowest BCUT2D eigenvalue weighted by Crippen LogP contribution is -2.53. The Balaban J connectivity index is 0.000000861. The Hall–Kier alpha value is -0.120. The van der Waals surface area contributed by atoms with Crippen molar-refractivity contribution in [2.75, 3.05) is 52.9 Å². The van der Waals surface area contributed by atoms with Crippen LogP contribution in [-0.4, -0.2) is 73.6 Å². The van der Waals surface area contributed by atoms with Gasteiger partial charge in [0.25, 0.3) is 0 Å². The molecule has 2 saturated heterocycles. The van der Waals surface area contributed by atoms with E-state index in [2.05, 4.69) is 35.6 Å². The zero-order valence-corrected chi connectivity index (χ0v) is 13.9. The molecule has 2 heterocycles. The maximum Gasteiger partial charge on any atom is 0.0195 e. The highest BCUT2D eigenvalue weighted by atomic mass is 15.3. The van der Waals surface area contributed by atoms with E-state index >= 15 is 0 Å². The minimum absolute atomic E-state index is 0.750. The molecule has 0 bridgehead atoms. The summed E-state index contributed by atoms with van der Waals surface area (Å²) >= 11 is 0. The molecule has 0 aromatic carbocycles. The number of likely N-dealkylation sites (tertiary alicyclic amines) is 1. The molecule has 0 N–H and O–H groups in total. The molecule has 2 rings (SSSR count). The highest BCUT2D eigenvalue weighted by Gasteiger charge is 2.25. The molecular weight excluding hydrogens is 234 g/mol. The predicted octanol–water partition coefficient (Wildman–Crippen LogP) is 2.38. The van der Waals surface area contributed by atoms with E-state index in [-0.39, 0.29) is 0 Å². The number of piperazine rings is 1. The van der Waals surface area contributed by atoms with Crippen LogP contribution in [0.1, 0.15) is 40.5 Å². The van der Waals surface area contributed by atoms with Crippen LogP contribution >= 0.6 is 0 Å². The van der Waals surface area contributed by atoms with Gasteiger partial charge < -0.3 is 9.80 Å². The van der Waals surface area contributed by atoms with Crippen LogP contribution in [-0.2, 0) is 0 Å². The van der Waals surface area contributed by atoms with Gasteiger partial charge in [-0.25, -0.2) is 0 Å². The fraction of sp³-hybridized carbons (Fsp3) is 1.00. The van der Waals surface area contributed by atoms with Crippen LogP contribution in [0.5, 0.6) is 0 Å². The van der Waals surface area contributed by atoms with Gasteiger partial charge in [-0.05, 0) is 52.4 Å². The quantitative estimate of drug-likeness (QED) is 0.779. The van der Waals surface area contributed by atoms with Gasteiger partial charge >= 0.3 is 0 Å². The second kappa shape index (κ2) is 8.93. The van der Waals surface area contributed by atoms with Crippen LogP contribution in [0.2, 0.25) is 0 Å². The van der Waals surface area contributed by atoms with Gasteiger partial charge in [-0.3, -0.25) is 4.90 Å². The number of nitrogens with zero attached hydrogens (tertiary/aromatic N) is 3. The van der Waals surface area contributed by atoms with Crippen LogP contribution in [0, 0.1) is 5.92 Å². The average Bonchev–Trinajstić information content (AvgIpc) is 2.44. The smallest absolute Gasteiger partial charge is 0.0195 e. The molecule has 0 aromatic rings. The fourth-order valence-electron chi connectivity index (χ4n) is 3.32. The predicted molar refractivity (Wildman–Crippen MR) is 84.7 cm³/mol. The van der Waals surface area contributed by atoms with E-state index in [1.807, 2.05) is 13.8 Å². The zero-order chi connectivity index (χ0) is 14.3. The highest BCUT2D eigenvalue weighted by Crippen LogP contribution is 2.19. The molecule has 0 spiro atoms. The lowest BCUT2D eigenvalue weighted by molar-refractivity contribution is 0.0669. The molecule has 0 radical (unpaired) electrons. The molecule has 2 fully saturated rings. The van der Waals surface area contributed by atoms with Crippen molar-refractivity contribution in [1.29, 1.82) is 0 Å². The molecule has 2 aliphatic heterocycles. The van der Waals surface area contributed by atoms with Gasteiger partial charge in [-0.2, -0.15) is 0 Å². The van der Waals surface area contributed by atoms with Gasteiger partial charge in [-0.15, -0.1) is 0 Å². The van der Waals surface area contributed by atoms with Gasteiger partial charge in [0.15, 0.2) is 0 Å². The molecule has 3 nitrogen and oxygen atoms in total. The van der Waals surface area contributed by atoms with Gasteiger partial charge in [0.2, 0.25) is 0 Å². The number of likely N-dealkylation sites (N-methyl/N-ethyl adjacent to an activating group) is 1. The van der Waals surface area contributed by atoms with Crippen LogP contribution in [0.3, 0.4) is 0 Å². The Morgan fingerprint density at radius 3 is 2.16 bits per heavy atom. The first kappa shape index (κ1) is 16.9. The third-order valence-electron chi connectivity index (χ3n) is 4.61. The Kier molecular flexibility index (Phi) is 7.96. The van der Waals surface area contributed by atoms with Gasteiger partial charge in [0.1, 0.15) is 0 Å². The molecule has 1 unspecified atom stereocenters. The minimum atomic E-state index is 0.750. The van der Waals surface area contributed by atoms with Crippen molar-refractivity contribution in [3.8, 4) is 0 Å². The SMILES string of the molecule is CC.CCN1CCN(CC2CCN(C)CC2)CC1C. The molecule has 2 aliphatic rings. The van der Waals surface area contributed by atoms with Crippen molar-refractivity contribution in [3.05, 3.63) is 0 Å². The van der Waals surface area contributed by atoms with Gasteiger partial charge in [0.05, 0.1) is 0 Å². The van der Waals surface area contributed by atoms with Gasteiger partial charge in [0, 0.05) is 32.2 Å². The highest BCUT2D eigenvalue weighted by molar-refractivity contribution is 4.81. The lowest BCUT2D eigenvalue weighted by atomic mass is 9.96. The Morgan fingerprint density at radius 2 is 1.63 bits per heavy atom. The van der Waals surface area contributed by atoms with Crippen molar-refractivity contribution >= 4 is 0 Å². The first-order valence-corrected chi connectivity index (χ1v) is 8.34. The van der Waals surface area contributed by atoms with E-state index in [1.54, 1.807) is 0 Å². The number of hydrogen-bond acceptors (Lipinski definition) is 3. The Labute approximate surface area is 120 Å². The average molecular weight is 269 g/mol. The van der Waals surface area contributed by atoms with E-state index in [0.717, 1.165) is 12.0 Å². The second-order valence-electron chi connectivity index (χ2n) is 5.98. The normalized spacial score (nSPS) is 27.9. The van der Waals surface area contributed by atoms with Crippen molar-refractivity contribution in [1.82, 2.24) is 14.7 Å². The summed E-state index contributed by atoms with van der Waals surface area (Å²) in [4.78, 5) is 7.77. The first-order chi connectivity index (χ1) is 9.19. The molecule has 19 heavy (non-hydrogen) atoms. The molecule has 114 valence electrons. The summed E-state index contributed by atoms with van der Waals surface area (Å²) in [5, 5.41) is 0. The fourth-order valence-corrected chi connectivity index (χ4v) is 3.32. The monoisotopic (exact) mass is 269 g/mol. The maximum absolute atomic E-state index is 2.70. The van der Waals surface area contributed by atoms with Crippen LogP contribution in [0.4, 0.5) is 0 Å². The van der Waals surface area contributed by atoms with Crippen molar-refractivity contribution < 1.29 is 0 Å². The summed E-state index contributed by atoms with van der Waals surface area (Å²) in [6.45, 7) is 17.6. The van der Waals surface area contributed by atoms with E-state index in [1.165, 1.54) is 58.7 Å². The topological polar surface area (TPSA) is 9.72 Å². The lowest BCUT2D eigenvalue weighted by Gasteiger charge is -2.41. The van der Waals surface area contributed by atoms with Crippen LogP contribution in [0.25, 0.3) is 0 Å². The maximum atomic E-state index is 2.70. The molecule has 0 aromatic heterocycles. The number of hydrogen-bond donors (Lipinski definition) is 0. The van der Waals surface area contributed by atoms with E-state index in [0.29, 0.717) is 0 Å². The summed E-state index contributed by atoms with van der Waals surface area (Å²) < 4.78 is 0. The first-order valence-electron chi connectivity index (χ1n) is 8.34. The van der Waals surface area contributed by atoms with Crippen LogP contribution in [0.15, 0.2) is 0 Å². The standard InChI is InChI=1S/C14H29N3.C2H6/c1-4-17-10-9-16(11-13(17)2)12-14-5-7-15(3)8-6-14;1-2/h13-14H,4-12H2,1-3H3;1-2H3. The third-order valence-corrected chi connectivity index (χ3v) is 4.61. The molecular formula is C16H35N3. The summed E-state index contributed by atoms with van der Waals surface area (Å²) in [6.07, 6.45) is 2.80. The summed E-state index contributed by atoms with van der Waals surface area (Å²) in [5.41, 5.74) is 0. The Morgan fingerprint density at radius 1 is 1.00 bits per heavy atom. The van der Waals surface area contributed by atoms with E-state index in [9.17, 15) is 0 Å². The second-order valence-corrected chi connectivity index (χ2v) is 5.98. The molecule has 3 heteroatoms. The number of rotatable bonds is 3. The molecule has 0 saturated carbocycles. The number of piperidine rings is 1. The van der Waals surface area contributed by atoms with Crippen LogP contribution < -0.4 is 0 Å². The molecule has 0 aliphatic carbocycles. The van der Waals surface area contributed by atoms with Crippen molar-refractivity contribution in [3.63, 3.8) is 0 Å². The zero-order valence-electron chi connectivity index (χ0n) is 13.9.